The summed E-state index contributed by atoms with van der Waals surface area (Å²) in [6.45, 7) is 3.38. The fourth-order valence-electron chi connectivity index (χ4n) is 1.53. The first-order chi connectivity index (χ1) is 8.36. The molecule has 1 aromatic rings. The van der Waals surface area contributed by atoms with E-state index in [0.717, 1.165) is 0 Å². The summed E-state index contributed by atoms with van der Waals surface area (Å²) >= 11 is 0. The van der Waals surface area contributed by atoms with Crippen LogP contribution in [-0.4, -0.2) is 32.6 Å². The highest BCUT2D eigenvalue weighted by Crippen LogP contribution is 2.23. The molecule has 0 atom stereocenters. The molecule has 0 spiro atoms. The number of aliphatic carboxylic acids is 1. The van der Waals surface area contributed by atoms with Crippen LogP contribution in [0.15, 0.2) is 41.8 Å². The van der Waals surface area contributed by atoms with Gasteiger partial charge in [0.25, 0.3) is 0 Å². The number of carboxylic acids is 1. The van der Waals surface area contributed by atoms with E-state index in [0.29, 0.717) is 0 Å². The standard InChI is InChI=1S/C11H14N2O4S/c1-2-7-13(8-11(14)15)9-5-3-4-6-10(9)18(12,16)17/h2-6H,1,7-8H2,(H,14,15)(H2,12,16,17). The number of nitrogens with two attached hydrogens (primary N) is 1. The van der Waals surface area contributed by atoms with Crippen LogP contribution in [-0.2, 0) is 14.8 Å². The van der Waals surface area contributed by atoms with Crippen molar-refractivity contribution in [2.75, 3.05) is 18.0 Å². The van der Waals surface area contributed by atoms with Gasteiger partial charge in [-0.15, -0.1) is 6.58 Å². The van der Waals surface area contributed by atoms with Gasteiger partial charge in [-0.3, -0.25) is 4.79 Å². The molecular weight excluding hydrogens is 256 g/mol. The zero-order chi connectivity index (χ0) is 13.8. The number of hydrogen-bond acceptors (Lipinski definition) is 4. The summed E-state index contributed by atoms with van der Waals surface area (Å²) < 4.78 is 22.9. The molecule has 1 aromatic carbocycles. The van der Waals surface area contributed by atoms with Gasteiger partial charge < -0.3 is 10.0 Å². The van der Waals surface area contributed by atoms with Crippen LogP contribution in [0.3, 0.4) is 0 Å². The third kappa shape index (κ3) is 3.57. The molecule has 0 amide bonds. The smallest absolute Gasteiger partial charge is 0.323 e. The fourth-order valence-corrected chi connectivity index (χ4v) is 2.28. The van der Waals surface area contributed by atoms with Gasteiger partial charge >= 0.3 is 5.97 Å². The number of primary sulfonamides is 1. The topological polar surface area (TPSA) is 101 Å². The first kappa shape index (κ1) is 14.2. The zero-order valence-electron chi connectivity index (χ0n) is 9.61. The molecule has 0 saturated heterocycles. The molecule has 0 aliphatic rings. The summed E-state index contributed by atoms with van der Waals surface area (Å²) in [4.78, 5) is 12.0. The maximum absolute atomic E-state index is 11.4. The van der Waals surface area contributed by atoms with Crippen LogP contribution in [0, 0.1) is 0 Å². The Labute approximate surface area is 105 Å². The molecule has 18 heavy (non-hydrogen) atoms. The monoisotopic (exact) mass is 270 g/mol. The van der Waals surface area contributed by atoms with Gasteiger partial charge in [0, 0.05) is 6.54 Å². The summed E-state index contributed by atoms with van der Waals surface area (Å²) in [7, 11) is -3.90. The summed E-state index contributed by atoms with van der Waals surface area (Å²) in [5, 5.41) is 13.9. The van der Waals surface area contributed by atoms with E-state index < -0.39 is 16.0 Å². The van der Waals surface area contributed by atoms with Gasteiger partial charge in [0.15, 0.2) is 0 Å². The van der Waals surface area contributed by atoms with Crippen LogP contribution < -0.4 is 10.0 Å². The van der Waals surface area contributed by atoms with E-state index in [9.17, 15) is 13.2 Å². The maximum Gasteiger partial charge on any atom is 0.323 e. The fraction of sp³-hybridized carbons (Fsp3) is 0.182. The van der Waals surface area contributed by atoms with Crippen molar-refractivity contribution in [1.82, 2.24) is 0 Å². The second-order valence-corrected chi connectivity index (χ2v) is 5.11. The molecule has 6 nitrogen and oxygen atoms in total. The van der Waals surface area contributed by atoms with E-state index in [1.807, 2.05) is 0 Å². The Kier molecular flexibility index (Phi) is 4.46. The Balaban J connectivity index is 3.27. The number of carbonyl (C=O) groups is 1. The summed E-state index contributed by atoms with van der Waals surface area (Å²) in [5.41, 5.74) is 0.252. The molecule has 0 saturated carbocycles. The van der Waals surface area contributed by atoms with Crippen LogP contribution in [0.4, 0.5) is 5.69 Å². The molecule has 0 aliphatic heterocycles. The third-order valence-corrected chi connectivity index (χ3v) is 3.15. The van der Waals surface area contributed by atoms with Crippen LogP contribution in [0.5, 0.6) is 0 Å². The second-order valence-electron chi connectivity index (χ2n) is 3.58. The van der Waals surface area contributed by atoms with Crippen molar-refractivity contribution >= 4 is 21.7 Å². The number of nitrogens with zero attached hydrogens (tertiary/aromatic N) is 1. The van der Waals surface area contributed by atoms with Crippen molar-refractivity contribution in [2.24, 2.45) is 5.14 Å². The lowest BCUT2D eigenvalue weighted by Gasteiger charge is -2.23. The lowest BCUT2D eigenvalue weighted by atomic mass is 10.3. The van der Waals surface area contributed by atoms with Crippen molar-refractivity contribution in [1.29, 1.82) is 0 Å². The van der Waals surface area contributed by atoms with Crippen LogP contribution in [0.2, 0.25) is 0 Å². The number of carboxylic acid groups (broad SMARTS) is 1. The van der Waals surface area contributed by atoms with Gasteiger partial charge in [-0.2, -0.15) is 0 Å². The minimum Gasteiger partial charge on any atom is -0.480 e. The molecule has 0 unspecified atom stereocenters. The number of hydrogen-bond donors (Lipinski definition) is 2. The average molecular weight is 270 g/mol. The number of benzene rings is 1. The highest BCUT2D eigenvalue weighted by molar-refractivity contribution is 7.89. The van der Waals surface area contributed by atoms with Crippen LogP contribution in [0.1, 0.15) is 0 Å². The quantitative estimate of drug-likeness (QED) is 0.729. The van der Waals surface area contributed by atoms with E-state index >= 15 is 0 Å². The molecule has 7 heteroatoms. The Morgan fingerprint density at radius 2 is 2.06 bits per heavy atom. The van der Waals surface area contributed by atoms with Crippen molar-refractivity contribution in [3.05, 3.63) is 36.9 Å². The molecule has 0 bridgehead atoms. The van der Waals surface area contributed by atoms with Gasteiger partial charge in [-0.05, 0) is 12.1 Å². The molecule has 0 aromatic heterocycles. The largest absolute Gasteiger partial charge is 0.480 e. The predicted molar refractivity (Wildman–Crippen MR) is 67.9 cm³/mol. The maximum atomic E-state index is 11.4. The third-order valence-electron chi connectivity index (χ3n) is 2.19. The first-order valence-electron chi connectivity index (χ1n) is 5.05. The van der Waals surface area contributed by atoms with Gasteiger partial charge in [0.2, 0.25) is 10.0 Å². The molecule has 0 aliphatic carbocycles. The van der Waals surface area contributed by atoms with Crippen molar-refractivity contribution in [3.8, 4) is 0 Å². The number of sulfonamides is 1. The molecule has 98 valence electrons. The van der Waals surface area contributed by atoms with Gasteiger partial charge in [0.05, 0.1) is 5.69 Å². The van der Waals surface area contributed by atoms with E-state index in [2.05, 4.69) is 6.58 Å². The summed E-state index contributed by atoms with van der Waals surface area (Å²) in [6, 6.07) is 5.98. The minimum absolute atomic E-state index is 0.104. The first-order valence-corrected chi connectivity index (χ1v) is 6.60. The van der Waals surface area contributed by atoms with Crippen molar-refractivity contribution in [2.45, 2.75) is 4.90 Å². The highest BCUT2D eigenvalue weighted by Gasteiger charge is 2.19. The normalized spacial score (nSPS) is 10.9. The Morgan fingerprint density at radius 1 is 1.44 bits per heavy atom. The summed E-state index contributed by atoms with van der Waals surface area (Å²) in [6.07, 6.45) is 1.49. The molecule has 0 heterocycles. The van der Waals surface area contributed by atoms with Gasteiger partial charge in [-0.1, -0.05) is 18.2 Å². The van der Waals surface area contributed by atoms with Crippen molar-refractivity contribution < 1.29 is 18.3 Å². The minimum atomic E-state index is -3.90. The summed E-state index contributed by atoms with van der Waals surface area (Å²) in [5.74, 6) is -1.07. The van der Waals surface area contributed by atoms with E-state index in [1.54, 1.807) is 6.07 Å². The van der Waals surface area contributed by atoms with Crippen LogP contribution in [0.25, 0.3) is 0 Å². The van der Waals surface area contributed by atoms with Crippen molar-refractivity contribution in [3.63, 3.8) is 0 Å². The molecule has 0 fully saturated rings. The molecule has 0 radical (unpaired) electrons. The van der Waals surface area contributed by atoms with E-state index in [-0.39, 0.29) is 23.7 Å². The SMILES string of the molecule is C=CCN(CC(=O)O)c1ccccc1S(N)(=O)=O. The second kappa shape index (κ2) is 5.65. The Morgan fingerprint density at radius 3 is 2.56 bits per heavy atom. The number of rotatable bonds is 6. The Bertz CT molecular complexity index is 554. The molecular formula is C11H14N2O4S. The number of anilines is 1. The van der Waals surface area contributed by atoms with E-state index in [1.165, 1.54) is 29.2 Å². The number of para-hydroxylation sites is 1. The lowest BCUT2D eigenvalue weighted by molar-refractivity contribution is -0.135. The van der Waals surface area contributed by atoms with Crippen LogP contribution >= 0.6 is 0 Å². The predicted octanol–water partition coefficient (Wildman–Crippen LogP) is 0.411. The molecule has 1 rings (SSSR count). The lowest BCUT2D eigenvalue weighted by Crippen LogP contribution is -2.31. The van der Waals surface area contributed by atoms with Gasteiger partial charge in [-0.25, -0.2) is 13.6 Å². The Hall–Kier alpha value is -1.86. The average Bonchev–Trinajstić information content (AvgIpc) is 2.27. The molecule has 3 N–H and O–H groups in total. The van der Waals surface area contributed by atoms with Gasteiger partial charge in [0.1, 0.15) is 11.4 Å². The van der Waals surface area contributed by atoms with E-state index in [4.69, 9.17) is 10.2 Å². The zero-order valence-corrected chi connectivity index (χ0v) is 10.4. The highest BCUT2D eigenvalue weighted by atomic mass is 32.2.